The smallest absolute Gasteiger partial charge is 0.201 e. The summed E-state index contributed by atoms with van der Waals surface area (Å²) in [5.74, 6) is -2.75. The van der Waals surface area contributed by atoms with E-state index in [9.17, 15) is 17.6 Å². The second-order valence-electron chi connectivity index (χ2n) is 7.64. The number of carbonyl (C=O) groups excluding carboxylic acids is 1. The number of aromatic nitrogens is 3. The second-order valence-corrected chi connectivity index (χ2v) is 8.47. The average Bonchev–Trinajstić information content (AvgIpc) is 2.82. The molecule has 0 fully saturated rings. The van der Waals surface area contributed by atoms with Gasteiger partial charge in [-0.25, -0.2) is 26.9 Å². The van der Waals surface area contributed by atoms with Gasteiger partial charge in [-0.1, -0.05) is 6.07 Å². The standard InChI is InChI=1S/C24H20F2N4O3S/c1-14-4-5-17(12-27-14)21-13-28-19-9-7-16(11-20(19)30-21)24(31)22-18(25)8-6-15(23(22)26)3-2-10-29-34(32)33/h4-9,11-13,34H,2-3,10H2,1H3,(H,29,32,33). The maximum atomic E-state index is 15.1. The number of nitrogens with zero attached hydrogens (tertiary/aromatic N) is 3. The van der Waals surface area contributed by atoms with Crippen molar-refractivity contribution in [2.45, 2.75) is 19.8 Å². The van der Waals surface area contributed by atoms with Crippen LogP contribution in [-0.4, -0.2) is 35.7 Å². The first-order valence-corrected chi connectivity index (χ1v) is 11.6. The number of hydrogen-bond acceptors (Lipinski definition) is 6. The van der Waals surface area contributed by atoms with Crippen molar-refractivity contribution in [2.24, 2.45) is 0 Å². The molecule has 2 heterocycles. The number of rotatable bonds is 8. The fourth-order valence-corrected chi connectivity index (χ4v) is 3.84. The van der Waals surface area contributed by atoms with Crippen LogP contribution in [0.15, 0.2) is 54.9 Å². The van der Waals surface area contributed by atoms with Crippen molar-refractivity contribution in [1.29, 1.82) is 0 Å². The number of benzene rings is 2. The number of carbonyl (C=O) groups is 1. The summed E-state index contributed by atoms with van der Waals surface area (Å²) in [6.45, 7) is 1.98. The van der Waals surface area contributed by atoms with E-state index >= 15 is 4.39 Å². The monoisotopic (exact) mass is 482 g/mol. The molecule has 0 atom stereocenters. The van der Waals surface area contributed by atoms with Crippen molar-refractivity contribution in [2.75, 3.05) is 6.54 Å². The molecule has 0 spiro atoms. The Morgan fingerprint density at radius 2 is 1.82 bits per heavy atom. The van der Waals surface area contributed by atoms with Gasteiger partial charge in [0.2, 0.25) is 10.9 Å². The highest BCUT2D eigenvalue weighted by molar-refractivity contribution is 7.70. The summed E-state index contributed by atoms with van der Waals surface area (Å²) < 4.78 is 52.9. The Morgan fingerprint density at radius 3 is 2.56 bits per heavy atom. The quantitative estimate of drug-likeness (QED) is 0.226. The molecule has 0 radical (unpaired) electrons. The van der Waals surface area contributed by atoms with Crippen molar-refractivity contribution < 1.29 is 22.0 Å². The Labute approximate surface area is 196 Å². The van der Waals surface area contributed by atoms with Gasteiger partial charge in [0.1, 0.15) is 11.6 Å². The van der Waals surface area contributed by atoms with Crippen LogP contribution in [0.3, 0.4) is 0 Å². The van der Waals surface area contributed by atoms with E-state index in [1.165, 1.54) is 18.2 Å². The number of nitrogens with one attached hydrogen (secondary N) is 1. The highest BCUT2D eigenvalue weighted by atomic mass is 32.2. The predicted molar refractivity (Wildman–Crippen MR) is 124 cm³/mol. The van der Waals surface area contributed by atoms with Gasteiger partial charge in [0.15, 0.2) is 5.78 Å². The number of hydrogen-bond donors (Lipinski definition) is 2. The molecule has 0 unspecified atom stereocenters. The molecule has 0 aliphatic carbocycles. The van der Waals surface area contributed by atoms with E-state index in [-0.39, 0.29) is 24.1 Å². The highest BCUT2D eigenvalue weighted by Gasteiger charge is 2.22. The summed E-state index contributed by atoms with van der Waals surface area (Å²) in [7, 11) is -2.75. The molecule has 2 aromatic carbocycles. The molecular weight excluding hydrogens is 462 g/mol. The molecule has 0 bridgehead atoms. The van der Waals surface area contributed by atoms with Gasteiger partial charge in [-0.2, -0.15) is 0 Å². The minimum absolute atomic E-state index is 0.0703. The van der Waals surface area contributed by atoms with Crippen LogP contribution in [0.4, 0.5) is 8.78 Å². The topological polar surface area (TPSA) is 102 Å². The van der Waals surface area contributed by atoms with Crippen LogP contribution in [0, 0.1) is 18.6 Å². The van der Waals surface area contributed by atoms with Crippen molar-refractivity contribution in [3.05, 3.63) is 88.9 Å². The molecular formula is C24H20F2N4O3S. The number of halogens is 2. The van der Waals surface area contributed by atoms with Crippen molar-refractivity contribution in [1.82, 2.24) is 19.7 Å². The normalized spacial score (nSPS) is 11.3. The van der Waals surface area contributed by atoms with Gasteiger partial charge >= 0.3 is 0 Å². The Balaban J connectivity index is 1.65. The maximum absolute atomic E-state index is 15.1. The molecule has 0 aliphatic rings. The van der Waals surface area contributed by atoms with Gasteiger partial charge in [0.05, 0.1) is 28.5 Å². The molecule has 7 nitrogen and oxygen atoms in total. The van der Waals surface area contributed by atoms with Gasteiger partial charge in [-0.15, -0.1) is 0 Å². The lowest BCUT2D eigenvalue weighted by atomic mass is 9.97. The summed E-state index contributed by atoms with van der Waals surface area (Å²) in [6.07, 6.45) is 3.69. The van der Waals surface area contributed by atoms with Crippen LogP contribution in [0.5, 0.6) is 0 Å². The fourth-order valence-electron chi connectivity index (χ4n) is 3.50. The van der Waals surface area contributed by atoms with E-state index in [1.807, 2.05) is 19.1 Å². The number of ketones is 1. The molecule has 4 aromatic rings. The molecule has 0 saturated carbocycles. The molecule has 0 saturated heterocycles. The zero-order valence-electron chi connectivity index (χ0n) is 18.1. The Bertz CT molecular complexity index is 1450. The van der Waals surface area contributed by atoms with E-state index in [4.69, 9.17) is 0 Å². The van der Waals surface area contributed by atoms with Gasteiger partial charge in [-0.05, 0) is 61.7 Å². The zero-order chi connectivity index (χ0) is 24.2. The van der Waals surface area contributed by atoms with Crippen LogP contribution in [0.1, 0.15) is 33.6 Å². The second kappa shape index (κ2) is 10.1. The van der Waals surface area contributed by atoms with Crippen LogP contribution in [0.25, 0.3) is 22.3 Å². The lowest BCUT2D eigenvalue weighted by molar-refractivity contribution is 0.103. The lowest BCUT2D eigenvalue weighted by Crippen LogP contribution is -2.14. The number of fused-ring (bicyclic) bond motifs is 1. The van der Waals surface area contributed by atoms with E-state index in [0.29, 0.717) is 23.1 Å². The Hall–Kier alpha value is -3.63. The third-order valence-electron chi connectivity index (χ3n) is 5.27. The van der Waals surface area contributed by atoms with Gasteiger partial charge in [-0.3, -0.25) is 14.8 Å². The summed E-state index contributed by atoms with van der Waals surface area (Å²) in [5, 5.41) is 0. The molecule has 4 rings (SSSR count). The average molecular weight is 483 g/mol. The first-order chi connectivity index (χ1) is 16.3. The van der Waals surface area contributed by atoms with E-state index in [1.54, 1.807) is 18.5 Å². The Morgan fingerprint density at radius 1 is 1.00 bits per heavy atom. The van der Waals surface area contributed by atoms with Crippen LogP contribution >= 0.6 is 0 Å². The van der Waals surface area contributed by atoms with Crippen LogP contribution in [-0.2, 0) is 17.3 Å². The number of pyridine rings is 1. The van der Waals surface area contributed by atoms with Crippen molar-refractivity contribution >= 4 is 27.7 Å². The number of thiol groups is 1. The minimum atomic E-state index is -2.75. The highest BCUT2D eigenvalue weighted by Crippen LogP contribution is 2.24. The summed E-state index contributed by atoms with van der Waals surface area (Å²) >= 11 is 0. The predicted octanol–water partition coefficient (Wildman–Crippen LogP) is 3.56. The Kier molecular flexibility index (Phi) is 6.99. The largest absolute Gasteiger partial charge is 0.288 e. The first-order valence-electron chi connectivity index (χ1n) is 10.4. The van der Waals surface area contributed by atoms with Gasteiger partial charge in [0, 0.05) is 29.6 Å². The third-order valence-corrected chi connectivity index (χ3v) is 5.76. The zero-order valence-corrected chi connectivity index (χ0v) is 19.0. The van der Waals surface area contributed by atoms with Crippen LogP contribution < -0.4 is 4.72 Å². The molecule has 2 aromatic heterocycles. The van der Waals surface area contributed by atoms with Crippen molar-refractivity contribution in [3.8, 4) is 11.3 Å². The summed E-state index contributed by atoms with van der Waals surface area (Å²) in [5.41, 5.74) is 2.62. The lowest BCUT2D eigenvalue weighted by Gasteiger charge is -2.10. The van der Waals surface area contributed by atoms with Gasteiger partial charge in [0.25, 0.3) is 0 Å². The van der Waals surface area contributed by atoms with E-state index < -0.39 is 33.9 Å². The summed E-state index contributed by atoms with van der Waals surface area (Å²) in [6, 6.07) is 10.5. The molecule has 174 valence electrons. The minimum Gasteiger partial charge on any atom is -0.288 e. The molecule has 1 N–H and O–H groups in total. The van der Waals surface area contributed by atoms with Crippen molar-refractivity contribution in [3.63, 3.8) is 0 Å². The molecule has 10 heteroatoms. The van der Waals surface area contributed by atoms with E-state index in [2.05, 4.69) is 19.7 Å². The third kappa shape index (κ3) is 5.13. The first kappa shape index (κ1) is 23.5. The molecule has 0 aliphatic heterocycles. The number of aryl methyl sites for hydroxylation is 2. The van der Waals surface area contributed by atoms with Crippen LogP contribution in [0.2, 0.25) is 0 Å². The fraction of sp³-hybridized carbons (Fsp3) is 0.167. The molecule has 0 amide bonds. The van der Waals surface area contributed by atoms with E-state index in [0.717, 1.165) is 17.3 Å². The summed E-state index contributed by atoms with van der Waals surface area (Å²) in [4.78, 5) is 26.2. The van der Waals surface area contributed by atoms with Gasteiger partial charge < -0.3 is 0 Å². The molecule has 34 heavy (non-hydrogen) atoms. The maximum Gasteiger partial charge on any atom is 0.201 e. The SMILES string of the molecule is Cc1ccc(-c2cnc3ccc(C(=O)c4c(F)ccc(CCCN[SH](=O)=O)c4F)cc3n2)cn1.